The zero-order chi connectivity index (χ0) is 14.6. The minimum absolute atomic E-state index is 0.00181. The third-order valence-electron chi connectivity index (χ3n) is 2.71. The molecule has 1 fully saturated rings. The molecule has 104 valence electrons. The lowest BCUT2D eigenvalue weighted by Gasteiger charge is -2.30. The summed E-state index contributed by atoms with van der Waals surface area (Å²) >= 11 is 0. The highest BCUT2D eigenvalue weighted by atomic mass is 32.2. The van der Waals surface area contributed by atoms with E-state index in [9.17, 15) is 13.2 Å². The quantitative estimate of drug-likeness (QED) is 0.555. The first-order chi connectivity index (χ1) is 9.59. The van der Waals surface area contributed by atoms with Crippen LogP contribution < -0.4 is 0 Å². The highest BCUT2D eigenvalue weighted by molar-refractivity contribution is 7.89. The van der Waals surface area contributed by atoms with Gasteiger partial charge in [0, 0.05) is 12.7 Å². The van der Waals surface area contributed by atoms with Crippen molar-refractivity contribution in [2.75, 3.05) is 19.8 Å². The van der Waals surface area contributed by atoms with E-state index >= 15 is 0 Å². The number of carbonyl (C=O) groups excluding carboxylic acids is 1. The second-order valence-corrected chi connectivity index (χ2v) is 5.77. The summed E-state index contributed by atoms with van der Waals surface area (Å²) in [5.74, 6) is 0. The fourth-order valence-electron chi connectivity index (χ4n) is 1.75. The van der Waals surface area contributed by atoms with Crippen LogP contribution in [0, 0.1) is 11.3 Å². The van der Waals surface area contributed by atoms with Gasteiger partial charge in [-0.1, -0.05) is 0 Å². The second kappa shape index (κ2) is 5.90. The van der Waals surface area contributed by atoms with Gasteiger partial charge in [0.05, 0.1) is 13.2 Å². The Bertz CT molecular complexity index is 673. The van der Waals surface area contributed by atoms with Gasteiger partial charge in [-0.2, -0.15) is 14.6 Å². The monoisotopic (exact) mass is 294 g/mol. The van der Waals surface area contributed by atoms with Crippen LogP contribution >= 0.6 is 0 Å². The van der Waals surface area contributed by atoms with Crippen LogP contribution in [0.5, 0.6) is 0 Å². The van der Waals surface area contributed by atoms with E-state index in [1.165, 1.54) is 18.2 Å². The van der Waals surface area contributed by atoms with Gasteiger partial charge in [0.1, 0.15) is 16.7 Å². The average Bonchev–Trinajstić information content (AvgIpc) is 2.48. The van der Waals surface area contributed by atoms with E-state index in [0.29, 0.717) is 0 Å². The molecule has 1 atom stereocenters. The summed E-state index contributed by atoms with van der Waals surface area (Å²) in [5, 5.41) is 8.65. The molecule has 0 saturated carbocycles. The predicted octanol–water partition coefficient (Wildman–Crippen LogP) is -0.364. The van der Waals surface area contributed by atoms with Gasteiger partial charge in [-0.05, 0) is 12.1 Å². The Morgan fingerprint density at radius 1 is 1.50 bits per heavy atom. The zero-order valence-electron chi connectivity index (χ0n) is 10.3. The van der Waals surface area contributed by atoms with Gasteiger partial charge < -0.3 is 4.74 Å². The van der Waals surface area contributed by atoms with Crippen molar-refractivity contribution in [3.63, 3.8) is 0 Å². The molecule has 1 unspecified atom stereocenters. The number of aromatic nitrogens is 1. The fourth-order valence-corrected chi connectivity index (χ4v) is 3.19. The zero-order valence-corrected chi connectivity index (χ0v) is 11.1. The molecule has 1 aromatic heterocycles. The molecule has 1 aliphatic heterocycles. The molecule has 9 heteroatoms. The summed E-state index contributed by atoms with van der Waals surface area (Å²) in [6, 6.07) is 4.41. The number of aliphatic imine (C=N–C) groups is 1. The lowest BCUT2D eigenvalue weighted by atomic mass is 10.4. The topological polar surface area (TPSA) is 113 Å². The molecule has 1 saturated heterocycles. The maximum atomic E-state index is 12.4. The van der Waals surface area contributed by atoms with Crippen molar-refractivity contribution in [3.8, 4) is 6.07 Å². The van der Waals surface area contributed by atoms with Crippen LogP contribution in [0.4, 0.5) is 0 Å². The van der Waals surface area contributed by atoms with E-state index in [0.717, 1.165) is 10.5 Å². The van der Waals surface area contributed by atoms with Crippen LogP contribution in [0.15, 0.2) is 28.2 Å². The molecule has 0 aliphatic carbocycles. The number of morpholine rings is 1. The van der Waals surface area contributed by atoms with Gasteiger partial charge in [-0.15, -0.1) is 0 Å². The number of pyridine rings is 1. The number of ether oxygens (including phenoxy) is 1. The molecule has 2 heterocycles. The Balaban J connectivity index is 2.36. The third-order valence-corrected chi connectivity index (χ3v) is 4.60. The summed E-state index contributed by atoms with van der Waals surface area (Å²) in [4.78, 5) is 17.4. The van der Waals surface area contributed by atoms with E-state index in [-0.39, 0.29) is 30.3 Å². The first-order valence-corrected chi connectivity index (χ1v) is 7.06. The van der Waals surface area contributed by atoms with Gasteiger partial charge in [-0.3, -0.25) is 0 Å². The maximum Gasteiger partial charge on any atom is 0.246 e. The molecule has 0 amide bonds. The van der Waals surface area contributed by atoms with E-state index in [1.807, 2.05) is 0 Å². The van der Waals surface area contributed by atoms with Crippen LogP contribution in [0.2, 0.25) is 0 Å². The van der Waals surface area contributed by atoms with Crippen molar-refractivity contribution in [2.45, 2.75) is 11.1 Å². The van der Waals surface area contributed by atoms with Crippen molar-refractivity contribution >= 4 is 16.1 Å². The van der Waals surface area contributed by atoms with Gasteiger partial charge in [0.25, 0.3) is 0 Å². The second-order valence-electron chi connectivity index (χ2n) is 3.88. The van der Waals surface area contributed by atoms with E-state index in [4.69, 9.17) is 10.00 Å². The van der Waals surface area contributed by atoms with Crippen molar-refractivity contribution < 1.29 is 17.9 Å². The van der Waals surface area contributed by atoms with Crippen molar-refractivity contribution in [1.82, 2.24) is 9.29 Å². The Morgan fingerprint density at radius 3 is 2.90 bits per heavy atom. The summed E-state index contributed by atoms with van der Waals surface area (Å²) in [5.41, 5.74) is 0.119. The number of rotatable bonds is 3. The molecule has 0 aromatic carbocycles. The number of nitrogens with zero attached hydrogens (tertiary/aromatic N) is 4. The van der Waals surface area contributed by atoms with Crippen molar-refractivity contribution in [1.29, 1.82) is 5.26 Å². The van der Waals surface area contributed by atoms with Crippen LogP contribution in [0.3, 0.4) is 0 Å². The molecule has 0 spiro atoms. The molecule has 0 N–H and O–H groups in total. The highest BCUT2D eigenvalue weighted by Crippen LogP contribution is 2.20. The molecule has 20 heavy (non-hydrogen) atoms. The largest absolute Gasteiger partial charge is 0.376 e. The maximum absolute atomic E-state index is 12.4. The van der Waals surface area contributed by atoms with E-state index in [1.54, 1.807) is 6.07 Å². The summed E-state index contributed by atoms with van der Waals surface area (Å²) in [6.07, 6.45) is 1.51. The lowest BCUT2D eigenvalue weighted by Crippen LogP contribution is -2.47. The number of sulfonamides is 1. The smallest absolute Gasteiger partial charge is 0.246 e. The Kier molecular flexibility index (Phi) is 4.22. The van der Waals surface area contributed by atoms with Crippen LogP contribution in [-0.2, 0) is 19.6 Å². The Morgan fingerprint density at radius 2 is 2.30 bits per heavy atom. The van der Waals surface area contributed by atoms with Crippen molar-refractivity contribution in [3.05, 3.63) is 24.0 Å². The fraction of sp³-hybridized carbons (Fsp3) is 0.364. The molecule has 1 aromatic rings. The average molecular weight is 294 g/mol. The number of isocyanates is 1. The normalized spacial score (nSPS) is 19.9. The summed E-state index contributed by atoms with van der Waals surface area (Å²) in [6.45, 7) is 0.296. The molecule has 0 bridgehead atoms. The summed E-state index contributed by atoms with van der Waals surface area (Å²) < 4.78 is 31.0. The van der Waals surface area contributed by atoms with E-state index in [2.05, 4.69) is 9.98 Å². The standard InChI is InChI=1S/C11H10N4O4S/c12-5-9-1-2-10(6-13-9)20(17,18)15-3-4-19-7-11(15)14-8-16/h1-2,6,11H,3-4,7H2. The van der Waals surface area contributed by atoms with Gasteiger partial charge in [0.2, 0.25) is 16.1 Å². The predicted molar refractivity (Wildman–Crippen MR) is 65.6 cm³/mol. The number of hydrogen-bond donors (Lipinski definition) is 0. The van der Waals surface area contributed by atoms with E-state index < -0.39 is 16.2 Å². The van der Waals surface area contributed by atoms with Crippen molar-refractivity contribution in [2.24, 2.45) is 4.99 Å². The molecule has 2 rings (SSSR count). The molecular weight excluding hydrogens is 284 g/mol. The number of hydrogen-bond acceptors (Lipinski definition) is 7. The Hall–Kier alpha value is -2.11. The SMILES string of the molecule is N#Cc1ccc(S(=O)(=O)N2CCOCC2N=C=O)cn1. The highest BCUT2D eigenvalue weighted by Gasteiger charge is 2.34. The van der Waals surface area contributed by atoms with Gasteiger partial charge in [0.15, 0.2) is 6.17 Å². The molecule has 1 aliphatic rings. The van der Waals surface area contributed by atoms with Crippen LogP contribution in [-0.4, -0.2) is 49.7 Å². The lowest BCUT2D eigenvalue weighted by molar-refractivity contribution is 0.0359. The molecule has 0 radical (unpaired) electrons. The first-order valence-electron chi connectivity index (χ1n) is 5.62. The van der Waals surface area contributed by atoms with Gasteiger partial charge >= 0.3 is 0 Å². The number of nitriles is 1. The molecule has 8 nitrogen and oxygen atoms in total. The minimum Gasteiger partial charge on any atom is -0.376 e. The third kappa shape index (κ3) is 2.74. The van der Waals surface area contributed by atoms with Crippen LogP contribution in [0.1, 0.15) is 5.69 Å². The van der Waals surface area contributed by atoms with Crippen LogP contribution in [0.25, 0.3) is 0 Å². The Labute approximate surface area is 115 Å². The van der Waals surface area contributed by atoms with Gasteiger partial charge in [-0.25, -0.2) is 18.2 Å². The minimum atomic E-state index is -3.85. The summed E-state index contributed by atoms with van der Waals surface area (Å²) in [7, 11) is -3.85. The molecular formula is C11H10N4O4S. The first kappa shape index (κ1) is 14.3.